The van der Waals surface area contributed by atoms with Crippen molar-refractivity contribution in [1.29, 1.82) is 0 Å². The molecule has 7 heteroatoms. The van der Waals surface area contributed by atoms with Gasteiger partial charge in [0, 0.05) is 0 Å². The second-order valence-corrected chi connectivity index (χ2v) is 26.4. The molecule has 1 heterocycles. The summed E-state index contributed by atoms with van der Waals surface area (Å²) in [5.74, 6) is 0.356. The van der Waals surface area contributed by atoms with Crippen LogP contribution in [0.2, 0.25) is 14.8 Å². The van der Waals surface area contributed by atoms with Crippen LogP contribution >= 0.6 is 0 Å². The molecule has 0 radical (unpaired) electrons. The van der Waals surface area contributed by atoms with Crippen molar-refractivity contribution >= 4 is 34.0 Å². The molecule has 6 nitrogen and oxygen atoms in total. The van der Waals surface area contributed by atoms with Crippen LogP contribution in [0.1, 0.15) is 49.6 Å². The van der Waals surface area contributed by atoms with Gasteiger partial charge in [-0.1, -0.05) is 0 Å². The maximum absolute atomic E-state index is 14.0. The summed E-state index contributed by atoms with van der Waals surface area (Å²) in [7, 11) is 1.66. The number of hydrogen-bond donors (Lipinski definition) is 0. The topological polar surface area (TPSA) is 65.1 Å². The number of morpholine rings is 1. The van der Waals surface area contributed by atoms with E-state index < -0.39 is 54.2 Å². The van der Waals surface area contributed by atoms with Gasteiger partial charge in [-0.2, -0.15) is 0 Å². The number of rotatable bonds is 6. The van der Waals surface area contributed by atoms with Gasteiger partial charge in [0.2, 0.25) is 0 Å². The molecule has 3 aromatic rings. The van der Waals surface area contributed by atoms with E-state index in [4.69, 9.17) is 14.2 Å². The molecule has 0 saturated carbocycles. The van der Waals surface area contributed by atoms with Gasteiger partial charge in [0.15, 0.2) is 0 Å². The van der Waals surface area contributed by atoms with Gasteiger partial charge in [-0.15, -0.1) is 0 Å². The summed E-state index contributed by atoms with van der Waals surface area (Å²) in [6.45, 7) is 5.51. The molecule has 1 saturated heterocycles. The molecule has 0 N–H and O–H groups in total. The van der Waals surface area contributed by atoms with Crippen LogP contribution in [-0.4, -0.2) is 54.1 Å². The zero-order valence-corrected chi connectivity index (χ0v) is 26.8. The van der Waals surface area contributed by atoms with E-state index in [9.17, 15) is 9.59 Å². The Bertz CT molecular complexity index is 1300. The summed E-state index contributed by atoms with van der Waals surface area (Å²) in [6, 6.07) is 24.0. The second-order valence-electron chi connectivity index (χ2n) is 12.0. The number of benzene rings is 3. The van der Waals surface area contributed by atoms with Gasteiger partial charge in [-0.25, -0.2) is 0 Å². The first-order valence-corrected chi connectivity index (χ1v) is 23.4. The van der Waals surface area contributed by atoms with Gasteiger partial charge in [-0.05, 0) is 0 Å². The predicted molar refractivity (Wildman–Crippen MR) is 156 cm³/mol. The molecule has 3 aromatic carbocycles. The third-order valence-electron chi connectivity index (χ3n) is 6.85. The predicted octanol–water partition coefficient (Wildman–Crippen LogP) is 6.43. The van der Waals surface area contributed by atoms with Crippen LogP contribution < -0.4 is 8.32 Å². The van der Waals surface area contributed by atoms with Crippen molar-refractivity contribution < 1.29 is 23.8 Å². The Morgan fingerprint density at radius 2 is 1.51 bits per heavy atom. The molecule has 0 aromatic heterocycles. The number of methoxy groups -OCH3 is 1. The number of carbonyl (C=O) groups excluding carboxylic acids is 2. The monoisotopic (exact) mass is 637 g/mol. The first-order valence-electron chi connectivity index (χ1n) is 13.4. The molecule has 4 rings (SSSR count). The van der Waals surface area contributed by atoms with Gasteiger partial charge in [0.25, 0.3) is 0 Å². The molecule has 3 atom stereocenters. The van der Waals surface area contributed by atoms with Gasteiger partial charge in [0.1, 0.15) is 0 Å². The summed E-state index contributed by atoms with van der Waals surface area (Å²) < 4.78 is 18.9. The van der Waals surface area contributed by atoms with Crippen LogP contribution in [0.25, 0.3) is 0 Å². The second kappa shape index (κ2) is 11.6. The summed E-state index contributed by atoms with van der Waals surface area (Å²) in [6.07, 6.45) is -0.883. The quantitative estimate of drug-likeness (QED) is 0.231. The van der Waals surface area contributed by atoms with Crippen molar-refractivity contribution in [2.45, 2.75) is 65.8 Å². The van der Waals surface area contributed by atoms with E-state index in [1.807, 2.05) is 93.6 Å². The number of esters is 1. The van der Waals surface area contributed by atoms with Crippen LogP contribution in [0.3, 0.4) is 0 Å². The van der Waals surface area contributed by atoms with Crippen LogP contribution in [0.5, 0.6) is 5.75 Å². The fourth-order valence-corrected chi connectivity index (χ4v) is 10.0. The first-order chi connectivity index (χ1) is 18.4. The summed E-state index contributed by atoms with van der Waals surface area (Å²) in [5.41, 5.74) is 2.00. The molecule has 1 amide bonds. The summed E-state index contributed by atoms with van der Waals surface area (Å²) >= 11 is -2.66. The van der Waals surface area contributed by atoms with Gasteiger partial charge in [-0.3, -0.25) is 0 Å². The van der Waals surface area contributed by atoms with Crippen LogP contribution in [0.15, 0.2) is 78.9 Å². The van der Waals surface area contributed by atoms with Crippen LogP contribution in [0.4, 0.5) is 4.79 Å². The average Bonchev–Trinajstić information content (AvgIpc) is 2.89. The summed E-state index contributed by atoms with van der Waals surface area (Å²) in [4.78, 5) is 36.4. The molecular formula is C32H39NO5Sn. The van der Waals surface area contributed by atoms with E-state index in [2.05, 4.69) is 20.9 Å². The molecule has 1 aliphatic heterocycles. The average molecular weight is 636 g/mol. The Kier molecular flexibility index (Phi) is 8.64. The molecule has 39 heavy (non-hydrogen) atoms. The SMILES string of the molecule is COc1ccc(C[C@@H]2C(=O)O[C@@H](c3ccccc3)[C@@H](c3ccccc3)N2C(=O)OC(C)(C)C)[c]([Sn]([CH3])([CH3])[CH3])c1. The fourth-order valence-electron chi connectivity index (χ4n) is 5.10. The number of hydrogen-bond acceptors (Lipinski definition) is 5. The van der Waals surface area contributed by atoms with E-state index in [-0.39, 0.29) is 0 Å². The van der Waals surface area contributed by atoms with Gasteiger partial charge in [0.05, 0.1) is 0 Å². The number of nitrogens with zero attached hydrogens (tertiary/aromatic N) is 1. The first kappa shape index (κ1) is 29.0. The minimum atomic E-state index is -2.66. The number of cyclic esters (lactones) is 1. The molecular weight excluding hydrogens is 597 g/mol. The normalized spacial score (nSPS) is 19.8. The third-order valence-corrected chi connectivity index (χ3v) is 12.8. The van der Waals surface area contributed by atoms with E-state index in [1.165, 1.54) is 3.58 Å². The number of carbonyl (C=O) groups is 2. The Hall–Kier alpha value is -3.00. The van der Waals surface area contributed by atoms with Crippen molar-refractivity contribution in [1.82, 2.24) is 4.90 Å². The molecule has 0 unspecified atom stereocenters. The number of ether oxygens (including phenoxy) is 3. The zero-order valence-electron chi connectivity index (χ0n) is 23.9. The Labute approximate surface area is 236 Å². The minimum absolute atomic E-state index is 0.330. The Morgan fingerprint density at radius 1 is 0.923 bits per heavy atom. The summed E-state index contributed by atoms with van der Waals surface area (Å²) in [5, 5.41) is 0. The molecule has 0 bridgehead atoms. The van der Waals surface area contributed by atoms with E-state index in [0.717, 1.165) is 22.4 Å². The Morgan fingerprint density at radius 3 is 2.05 bits per heavy atom. The van der Waals surface area contributed by atoms with Crippen LogP contribution in [-0.2, 0) is 20.7 Å². The fraction of sp³-hybridized carbons (Fsp3) is 0.375. The van der Waals surface area contributed by atoms with Crippen molar-refractivity contribution in [2.75, 3.05) is 7.11 Å². The molecule has 1 aliphatic rings. The van der Waals surface area contributed by atoms with Crippen molar-refractivity contribution in [3.05, 3.63) is 95.6 Å². The number of amides is 1. The standard InChI is InChI=1S/C29H30NO5.3CH3.Sn/c1-29(2,3)35-28(32)30-24(19-20-15-17-23(33-4)18-16-20)27(31)34-26(22-13-9-6-10-14-22)25(30)21-11-7-5-8-12-21;;;;/h5-15,17-18,24-26H,19H2,1-4H3;3*1H3;/t24-,25-,26+;;;;/m1..../s1. The third kappa shape index (κ3) is 6.78. The van der Waals surface area contributed by atoms with Crippen molar-refractivity contribution in [3.8, 4) is 5.75 Å². The van der Waals surface area contributed by atoms with E-state index in [0.29, 0.717) is 6.42 Å². The molecule has 0 spiro atoms. The van der Waals surface area contributed by atoms with E-state index in [1.54, 1.807) is 12.0 Å². The zero-order chi connectivity index (χ0) is 28.4. The Balaban J connectivity index is 1.87. The van der Waals surface area contributed by atoms with Crippen molar-refractivity contribution in [3.63, 3.8) is 0 Å². The van der Waals surface area contributed by atoms with Crippen LogP contribution in [0, 0.1) is 0 Å². The maximum atomic E-state index is 14.0. The van der Waals surface area contributed by atoms with Gasteiger partial charge >= 0.3 is 237 Å². The van der Waals surface area contributed by atoms with Crippen molar-refractivity contribution in [2.24, 2.45) is 0 Å². The van der Waals surface area contributed by atoms with E-state index >= 15 is 0 Å². The van der Waals surface area contributed by atoms with Gasteiger partial charge < -0.3 is 0 Å². The molecule has 1 fully saturated rings. The molecule has 206 valence electrons. The molecule has 0 aliphatic carbocycles.